The Hall–Kier alpha value is -1.78. The molecule has 3 unspecified atom stereocenters. The number of allylic oxidation sites excluding steroid dienone is 2. The molecule has 2 bridgehead atoms. The number of Topliss-reactive ketones (excluding diaryl/α,β-unsaturated/α-hetero) is 3. The van der Waals surface area contributed by atoms with Gasteiger partial charge < -0.3 is 9.53 Å². The fourth-order valence-corrected chi connectivity index (χ4v) is 7.38. The molecule has 1 spiro atoms. The van der Waals surface area contributed by atoms with Gasteiger partial charge in [0.1, 0.15) is 23.1 Å². The average Bonchev–Trinajstić information content (AvgIpc) is 2.88. The van der Waals surface area contributed by atoms with E-state index in [-0.39, 0.29) is 77.7 Å². The van der Waals surface area contributed by atoms with Crippen molar-refractivity contribution in [3.05, 3.63) is 12.2 Å². The average molecular weight is 370 g/mol. The van der Waals surface area contributed by atoms with Crippen molar-refractivity contribution in [3.8, 4) is 0 Å². The molecule has 6 rings (SSSR count). The Kier molecular flexibility index (Phi) is 3.60. The molecule has 5 fully saturated rings. The largest absolute Gasteiger partial charge is 0.461 e. The molecule has 9 atom stereocenters. The van der Waals surface area contributed by atoms with Crippen LogP contribution >= 0.6 is 0 Å². The van der Waals surface area contributed by atoms with E-state index in [0.29, 0.717) is 0 Å². The van der Waals surface area contributed by atoms with E-state index in [1.54, 1.807) is 0 Å². The fraction of sp³-hybridized carbons (Fsp3) is 0.727. The van der Waals surface area contributed by atoms with Crippen LogP contribution in [-0.2, 0) is 23.9 Å². The number of carbonyl (C=O) groups excluding carboxylic acids is 4. The first-order valence-electron chi connectivity index (χ1n) is 10.3. The number of ketones is 3. The van der Waals surface area contributed by atoms with Gasteiger partial charge in [0, 0.05) is 24.7 Å². The van der Waals surface area contributed by atoms with E-state index in [2.05, 4.69) is 12.2 Å². The van der Waals surface area contributed by atoms with Crippen molar-refractivity contribution in [2.75, 3.05) is 0 Å². The maximum atomic E-state index is 13.2. The molecule has 2 saturated heterocycles. The van der Waals surface area contributed by atoms with Crippen molar-refractivity contribution in [2.24, 2.45) is 46.8 Å². The van der Waals surface area contributed by atoms with Gasteiger partial charge in [-0.1, -0.05) is 19.1 Å². The van der Waals surface area contributed by atoms with Crippen molar-refractivity contribution in [3.63, 3.8) is 0 Å². The number of hydrogen-bond donors (Lipinski definition) is 0. The molecule has 0 radical (unpaired) electrons. The topological polar surface area (TPSA) is 77.5 Å². The third-order valence-corrected chi connectivity index (χ3v) is 8.25. The zero-order chi connectivity index (χ0) is 19.1. The molecule has 5 nitrogen and oxygen atoms in total. The summed E-state index contributed by atoms with van der Waals surface area (Å²) in [5, 5.41) is 0. The van der Waals surface area contributed by atoms with Crippen LogP contribution in [0, 0.1) is 46.8 Å². The molecule has 2 aliphatic heterocycles. The van der Waals surface area contributed by atoms with E-state index >= 15 is 0 Å². The molecule has 0 amide bonds. The highest BCUT2D eigenvalue weighted by atomic mass is 16.5. The van der Waals surface area contributed by atoms with Crippen molar-refractivity contribution in [1.29, 1.82) is 0 Å². The van der Waals surface area contributed by atoms with Crippen LogP contribution in [-0.4, -0.2) is 29.4 Å². The van der Waals surface area contributed by atoms with E-state index in [1.165, 1.54) is 6.92 Å². The highest BCUT2D eigenvalue weighted by molar-refractivity contribution is 6.08. The van der Waals surface area contributed by atoms with Gasteiger partial charge in [0.2, 0.25) is 0 Å². The zero-order valence-corrected chi connectivity index (χ0v) is 15.9. The van der Waals surface area contributed by atoms with Gasteiger partial charge >= 0.3 is 5.97 Å². The quantitative estimate of drug-likeness (QED) is 0.424. The first-order chi connectivity index (χ1) is 12.8. The molecule has 6 aliphatic rings. The van der Waals surface area contributed by atoms with Crippen LogP contribution in [0.4, 0.5) is 0 Å². The summed E-state index contributed by atoms with van der Waals surface area (Å²) in [5.74, 6) is -0.256. The molecule has 3 saturated carbocycles. The van der Waals surface area contributed by atoms with E-state index in [4.69, 9.17) is 4.74 Å². The third-order valence-electron chi connectivity index (χ3n) is 8.25. The van der Waals surface area contributed by atoms with Crippen LogP contribution in [0.3, 0.4) is 0 Å². The van der Waals surface area contributed by atoms with Crippen LogP contribution in [0.2, 0.25) is 0 Å². The molecular formula is C22H26O5. The van der Waals surface area contributed by atoms with Gasteiger partial charge in [-0.2, -0.15) is 0 Å². The minimum Gasteiger partial charge on any atom is -0.461 e. The highest BCUT2D eigenvalue weighted by Gasteiger charge is 2.70. The van der Waals surface area contributed by atoms with Crippen molar-refractivity contribution in [1.82, 2.24) is 0 Å². The summed E-state index contributed by atoms with van der Waals surface area (Å²) in [7, 11) is 0. The molecule has 0 N–H and O–H groups in total. The molecule has 0 aromatic rings. The van der Waals surface area contributed by atoms with E-state index in [0.717, 1.165) is 19.3 Å². The predicted molar refractivity (Wildman–Crippen MR) is 95.3 cm³/mol. The van der Waals surface area contributed by atoms with Crippen LogP contribution in [0.1, 0.15) is 46.0 Å². The second kappa shape index (κ2) is 5.62. The fourth-order valence-electron chi connectivity index (χ4n) is 7.38. The van der Waals surface area contributed by atoms with Crippen molar-refractivity contribution in [2.45, 2.75) is 52.1 Å². The zero-order valence-electron chi connectivity index (χ0n) is 15.9. The molecule has 27 heavy (non-hydrogen) atoms. The number of fused-ring (bicyclic) bond motifs is 5. The summed E-state index contributed by atoms with van der Waals surface area (Å²) in [4.78, 5) is 51.1. The van der Waals surface area contributed by atoms with E-state index in [1.807, 2.05) is 6.92 Å². The van der Waals surface area contributed by atoms with Gasteiger partial charge in [-0.05, 0) is 55.8 Å². The summed E-state index contributed by atoms with van der Waals surface area (Å²) < 4.78 is 5.61. The second-order valence-corrected chi connectivity index (χ2v) is 9.56. The Morgan fingerprint density at radius 1 is 1.19 bits per heavy atom. The SMILES string of the molecule is CC(=O)C[C@H]1[C@@H]2[C@H]3C[C@@H](C)C(=O)[C@H]3C=C[C@@H]2CC2CC3CC(=O)C21C(=O)O3. The minimum atomic E-state index is -1.16. The standard InChI is InChI=1S/C22H26O5/c1-10-5-16-15(20(10)25)4-3-12-7-13-8-14-9-18(24)22(13,21(26)27-14)17(19(12)16)6-11(2)23/h3-4,10,12-17,19H,5-9H2,1-2H3/t10-,12-,13?,14?,15+,16+,17+,19+,22?/m1/s1. The Balaban J connectivity index is 1.65. The lowest BCUT2D eigenvalue weighted by Crippen LogP contribution is -2.67. The van der Waals surface area contributed by atoms with Crippen LogP contribution in [0.5, 0.6) is 0 Å². The summed E-state index contributed by atoms with van der Waals surface area (Å²) in [5.41, 5.74) is -1.16. The summed E-state index contributed by atoms with van der Waals surface area (Å²) in [6, 6.07) is 0. The summed E-state index contributed by atoms with van der Waals surface area (Å²) in [6.45, 7) is 3.51. The number of esters is 1. The molecule has 144 valence electrons. The lowest BCUT2D eigenvalue weighted by Gasteiger charge is -2.60. The first-order valence-corrected chi connectivity index (χ1v) is 10.3. The van der Waals surface area contributed by atoms with Gasteiger partial charge in [0.15, 0.2) is 5.78 Å². The molecular weight excluding hydrogens is 344 g/mol. The van der Waals surface area contributed by atoms with Crippen molar-refractivity contribution >= 4 is 23.3 Å². The highest BCUT2D eigenvalue weighted by Crippen LogP contribution is 2.64. The van der Waals surface area contributed by atoms with Gasteiger partial charge in [-0.3, -0.25) is 14.4 Å². The molecule has 0 aromatic heterocycles. The minimum absolute atomic E-state index is 0.00125. The first kappa shape index (κ1) is 17.3. The maximum absolute atomic E-state index is 13.2. The number of ether oxygens (including phenoxy) is 1. The Morgan fingerprint density at radius 3 is 2.67 bits per heavy atom. The van der Waals surface area contributed by atoms with Crippen LogP contribution in [0.15, 0.2) is 12.2 Å². The monoisotopic (exact) mass is 370 g/mol. The second-order valence-electron chi connectivity index (χ2n) is 9.56. The van der Waals surface area contributed by atoms with Crippen molar-refractivity contribution < 1.29 is 23.9 Å². The van der Waals surface area contributed by atoms with Gasteiger partial charge in [-0.25, -0.2) is 0 Å². The van der Waals surface area contributed by atoms with Gasteiger partial charge in [-0.15, -0.1) is 0 Å². The van der Waals surface area contributed by atoms with E-state index in [9.17, 15) is 19.2 Å². The normalized spacial score (nSPS) is 50.1. The number of rotatable bonds is 2. The lowest BCUT2D eigenvalue weighted by molar-refractivity contribution is -0.213. The number of carbonyl (C=O) groups is 4. The smallest absolute Gasteiger partial charge is 0.320 e. The van der Waals surface area contributed by atoms with E-state index < -0.39 is 11.4 Å². The van der Waals surface area contributed by atoms with Crippen LogP contribution in [0.25, 0.3) is 0 Å². The molecule has 5 heteroatoms. The van der Waals surface area contributed by atoms with Gasteiger partial charge in [0.25, 0.3) is 0 Å². The lowest BCUT2D eigenvalue weighted by atomic mass is 9.43. The Labute approximate surface area is 158 Å². The van der Waals surface area contributed by atoms with Gasteiger partial charge in [0.05, 0.1) is 0 Å². The maximum Gasteiger partial charge on any atom is 0.320 e. The third kappa shape index (κ3) is 2.11. The Morgan fingerprint density at radius 2 is 1.96 bits per heavy atom. The molecule has 0 aromatic carbocycles. The van der Waals surface area contributed by atoms with Crippen LogP contribution < -0.4 is 0 Å². The molecule has 2 heterocycles. The summed E-state index contributed by atoms with van der Waals surface area (Å²) in [6.07, 6.45) is 6.75. The predicted octanol–water partition coefficient (Wildman–Crippen LogP) is 2.52. The Bertz CT molecular complexity index is 762. The number of hydrogen-bond acceptors (Lipinski definition) is 5. The molecule has 4 aliphatic carbocycles. The summed E-state index contributed by atoms with van der Waals surface area (Å²) >= 11 is 0.